The van der Waals surface area contributed by atoms with Gasteiger partial charge in [-0.25, -0.2) is 0 Å². The number of nitrogens with one attached hydrogen (secondary N) is 3. The van der Waals surface area contributed by atoms with E-state index < -0.39 is 6.10 Å². The average Bonchev–Trinajstić information content (AvgIpc) is 3.25. The molecule has 2 amide bonds. The molecule has 186 valence electrons. The van der Waals surface area contributed by atoms with Gasteiger partial charge in [0, 0.05) is 11.1 Å². The molecule has 0 bridgehead atoms. The van der Waals surface area contributed by atoms with Crippen molar-refractivity contribution in [1.29, 1.82) is 0 Å². The van der Waals surface area contributed by atoms with Crippen molar-refractivity contribution in [3.05, 3.63) is 78.4 Å². The van der Waals surface area contributed by atoms with Crippen molar-refractivity contribution >= 4 is 34.2 Å². The third-order valence-corrected chi connectivity index (χ3v) is 5.61. The number of carbonyl (C=O) groups is 2. The summed E-state index contributed by atoms with van der Waals surface area (Å²) >= 11 is 0. The van der Waals surface area contributed by atoms with Crippen molar-refractivity contribution < 1.29 is 19.1 Å². The molecule has 4 aromatic rings. The van der Waals surface area contributed by atoms with Gasteiger partial charge in [-0.15, -0.1) is 0 Å². The van der Waals surface area contributed by atoms with Gasteiger partial charge >= 0.3 is 0 Å². The van der Waals surface area contributed by atoms with Gasteiger partial charge in [0.1, 0.15) is 11.5 Å². The van der Waals surface area contributed by atoms with Crippen molar-refractivity contribution in [3.63, 3.8) is 0 Å². The highest BCUT2D eigenvalue weighted by Crippen LogP contribution is 2.27. The number of ether oxygens (including phenoxy) is 2. The molecule has 8 heteroatoms. The molecule has 3 aromatic carbocycles. The number of aromatic amines is 1. The van der Waals surface area contributed by atoms with Crippen LogP contribution in [0.3, 0.4) is 0 Å². The first-order valence-corrected chi connectivity index (χ1v) is 11.7. The van der Waals surface area contributed by atoms with Crippen molar-refractivity contribution in [2.45, 2.75) is 39.2 Å². The zero-order chi connectivity index (χ0) is 25.7. The van der Waals surface area contributed by atoms with E-state index in [2.05, 4.69) is 41.6 Å². The minimum Gasteiger partial charge on any atom is -0.484 e. The minimum atomic E-state index is -0.731. The number of H-pyrrole nitrogens is 1. The lowest BCUT2D eigenvalue weighted by Crippen LogP contribution is -2.30. The number of benzene rings is 3. The second-order valence-corrected chi connectivity index (χ2v) is 9.51. The molecule has 0 aliphatic heterocycles. The molecule has 36 heavy (non-hydrogen) atoms. The summed E-state index contributed by atoms with van der Waals surface area (Å²) in [4.78, 5) is 25.0. The SMILES string of the molecule is CC(Oc1ccc2[nH]nc(NC(=O)COc3ccc(C(C)(C)C)cc3)c2c1)C(=O)Nc1ccccc1. The highest BCUT2D eigenvalue weighted by atomic mass is 16.5. The van der Waals surface area contributed by atoms with E-state index in [0.717, 1.165) is 5.52 Å². The van der Waals surface area contributed by atoms with Gasteiger partial charge in [0.25, 0.3) is 11.8 Å². The van der Waals surface area contributed by atoms with Crippen LogP contribution in [0, 0.1) is 0 Å². The van der Waals surface area contributed by atoms with Gasteiger partial charge in [0.2, 0.25) is 0 Å². The molecule has 0 spiro atoms. The van der Waals surface area contributed by atoms with Gasteiger partial charge in [-0.05, 0) is 60.4 Å². The molecular weight excluding hydrogens is 456 g/mol. The quantitative estimate of drug-likeness (QED) is 0.314. The number of para-hydroxylation sites is 1. The second-order valence-electron chi connectivity index (χ2n) is 9.51. The standard InChI is InChI=1S/C28H30N4O4/c1-18(27(34)29-20-8-6-5-7-9-20)36-22-14-15-24-23(16-22)26(32-31-24)30-25(33)17-35-21-12-10-19(11-13-21)28(2,3)4/h5-16,18H,17H2,1-4H3,(H,29,34)(H2,30,31,32,33). The van der Waals surface area contributed by atoms with Crippen molar-refractivity contribution in [2.75, 3.05) is 17.2 Å². The van der Waals surface area contributed by atoms with Crippen LogP contribution in [-0.4, -0.2) is 34.7 Å². The van der Waals surface area contributed by atoms with Crippen LogP contribution < -0.4 is 20.1 Å². The van der Waals surface area contributed by atoms with Crippen molar-refractivity contribution in [3.8, 4) is 11.5 Å². The maximum Gasteiger partial charge on any atom is 0.265 e. The van der Waals surface area contributed by atoms with E-state index in [1.165, 1.54) is 5.56 Å². The third kappa shape index (κ3) is 6.21. The van der Waals surface area contributed by atoms with E-state index in [4.69, 9.17) is 9.47 Å². The molecule has 4 rings (SSSR count). The Balaban J connectivity index is 1.36. The normalized spacial score (nSPS) is 12.1. The Morgan fingerprint density at radius 3 is 2.33 bits per heavy atom. The Bertz CT molecular complexity index is 1340. The maximum atomic E-state index is 12.5. The first kappa shape index (κ1) is 24.8. The van der Waals surface area contributed by atoms with Gasteiger partial charge in [-0.3, -0.25) is 14.7 Å². The zero-order valence-electron chi connectivity index (χ0n) is 20.8. The maximum absolute atomic E-state index is 12.5. The summed E-state index contributed by atoms with van der Waals surface area (Å²) in [6, 6.07) is 22.1. The molecule has 0 fully saturated rings. The highest BCUT2D eigenvalue weighted by molar-refractivity contribution is 6.00. The van der Waals surface area contributed by atoms with E-state index in [1.807, 2.05) is 54.6 Å². The third-order valence-electron chi connectivity index (χ3n) is 5.61. The number of aromatic nitrogens is 2. The van der Waals surface area contributed by atoms with Crippen LogP contribution in [0.25, 0.3) is 10.9 Å². The first-order chi connectivity index (χ1) is 17.2. The molecule has 0 radical (unpaired) electrons. The summed E-state index contributed by atoms with van der Waals surface area (Å²) in [5.74, 6) is 0.835. The van der Waals surface area contributed by atoms with Gasteiger partial charge in [-0.1, -0.05) is 51.1 Å². The monoisotopic (exact) mass is 486 g/mol. The van der Waals surface area contributed by atoms with E-state index >= 15 is 0 Å². The molecule has 0 saturated heterocycles. The number of nitrogens with zero attached hydrogens (tertiary/aromatic N) is 1. The number of fused-ring (bicyclic) bond motifs is 1. The molecule has 8 nitrogen and oxygen atoms in total. The van der Waals surface area contributed by atoms with Crippen LogP contribution in [0.1, 0.15) is 33.3 Å². The Kier molecular flexibility index (Phi) is 7.24. The number of amides is 2. The summed E-state index contributed by atoms with van der Waals surface area (Å²) < 4.78 is 11.5. The van der Waals surface area contributed by atoms with E-state index in [-0.39, 0.29) is 23.8 Å². The molecule has 1 unspecified atom stereocenters. The fourth-order valence-corrected chi connectivity index (χ4v) is 3.55. The average molecular weight is 487 g/mol. The minimum absolute atomic E-state index is 0.0446. The number of rotatable bonds is 8. The zero-order valence-corrected chi connectivity index (χ0v) is 20.8. The molecule has 0 saturated carbocycles. The van der Waals surface area contributed by atoms with Crippen molar-refractivity contribution in [1.82, 2.24) is 10.2 Å². The van der Waals surface area contributed by atoms with Crippen LogP contribution in [0.4, 0.5) is 11.5 Å². The predicted octanol–water partition coefficient (Wildman–Crippen LogP) is 5.28. The second kappa shape index (κ2) is 10.5. The molecular formula is C28H30N4O4. The largest absolute Gasteiger partial charge is 0.484 e. The van der Waals surface area contributed by atoms with Crippen LogP contribution in [0.2, 0.25) is 0 Å². The molecule has 1 atom stereocenters. The molecule has 1 heterocycles. The molecule has 1 aromatic heterocycles. The fourth-order valence-electron chi connectivity index (χ4n) is 3.55. The smallest absolute Gasteiger partial charge is 0.265 e. The molecule has 0 aliphatic carbocycles. The lowest BCUT2D eigenvalue weighted by Gasteiger charge is -2.19. The molecule has 3 N–H and O–H groups in total. The molecule has 0 aliphatic rings. The summed E-state index contributed by atoms with van der Waals surface area (Å²) in [6.07, 6.45) is -0.731. The van der Waals surface area contributed by atoms with Gasteiger partial charge < -0.3 is 20.1 Å². The first-order valence-electron chi connectivity index (χ1n) is 11.7. The summed E-state index contributed by atoms with van der Waals surface area (Å²) in [6.45, 7) is 7.94. The highest BCUT2D eigenvalue weighted by Gasteiger charge is 2.17. The number of carbonyl (C=O) groups excluding carboxylic acids is 2. The lowest BCUT2D eigenvalue weighted by molar-refractivity contribution is -0.122. The Hall–Kier alpha value is -4.33. The number of hydrogen-bond donors (Lipinski definition) is 3. The number of hydrogen-bond acceptors (Lipinski definition) is 5. The van der Waals surface area contributed by atoms with Crippen LogP contribution in [-0.2, 0) is 15.0 Å². The summed E-state index contributed by atoms with van der Waals surface area (Å²) in [5, 5.41) is 13.3. The Labute approximate surface area is 210 Å². The Morgan fingerprint density at radius 2 is 1.64 bits per heavy atom. The van der Waals surface area contributed by atoms with Crippen LogP contribution in [0.15, 0.2) is 72.8 Å². The Morgan fingerprint density at radius 1 is 0.944 bits per heavy atom. The van der Waals surface area contributed by atoms with Crippen LogP contribution in [0.5, 0.6) is 11.5 Å². The van der Waals surface area contributed by atoms with Crippen LogP contribution >= 0.6 is 0 Å². The fraction of sp³-hybridized carbons (Fsp3) is 0.250. The van der Waals surface area contributed by atoms with E-state index in [9.17, 15) is 9.59 Å². The van der Waals surface area contributed by atoms with Gasteiger partial charge in [-0.2, -0.15) is 5.10 Å². The van der Waals surface area contributed by atoms with Gasteiger partial charge in [0.15, 0.2) is 18.5 Å². The summed E-state index contributed by atoms with van der Waals surface area (Å²) in [5.41, 5.74) is 2.65. The topological polar surface area (TPSA) is 105 Å². The van der Waals surface area contributed by atoms with Gasteiger partial charge in [0.05, 0.1) is 5.52 Å². The lowest BCUT2D eigenvalue weighted by atomic mass is 9.87. The van der Waals surface area contributed by atoms with Crippen molar-refractivity contribution in [2.24, 2.45) is 0 Å². The van der Waals surface area contributed by atoms with E-state index in [1.54, 1.807) is 25.1 Å². The number of anilines is 2. The van der Waals surface area contributed by atoms with E-state index in [0.29, 0.717) is 28.4 Å². The predicted molar refractivity (Wildman–Crippen MR) is 141 cm³/mol. The summed E-state index contributed by atoms with van der Waals surface area (Å²) in [7, 11) is 0.